The van der Waals surface area contributed by atoms with Crippen molar-refractivity contribution in [3.05, 3.63) is 22.7 Å². The monoisotopic (exact) mass is 521 g/mol. The normalized spacial score (nSPS) is 23.2. The van der Waals surface area contributed by atoms with E-state index in [1.165, 1.54) is 19.4 Å². The van der Waals surface area contributed by atoms with Crippen molar-refractivity contribution in [2.45, 2.75) is 102 Å². The van der Waals surface area contributed by atoms with Crippen LogP contribution >= 0.6 is 0 Å². The van der Waals surface area contributed by atoms with Gasteiger partial charge < -0.3 is 23.7 Å². The van der Waals surface area contributed by atoms with Crippen LogP contribution in [0.3, 0.4) is 0 Å². The number of rotatable bonds is 11. The predicted octanol–water partition coefficient (Wildman–Crippen LogP) is 4.21. The molecule has 0 unspecified atom stereocenters. The molecule has 12 heteroatoms. The summed E-state index contributed by atoms with van der Waals surface area (Å²) in [4.78, 5) is 16.0. The van der Waals surface area contributed by atoms with Crippen molar-refractivity contribution in [2.24, 2.45) is 0 Å². The number of anilines is 1. The molecule has 0 aliphatic carbocycles. The van der Waals surface area contributed by atoms with Crippen molar-refractivity contribution in [3.63, 3.8) is 0 Å². The molecule has 0 spiro atoms. The summed E-state index contributed by atoms with van der Waals surface area (Å²) < 4.78 is 56.9. The van der Waals surface area contributed by atoms with Crippen molar-refractivity contribution in [1.82, 2.24) is 9.55 Å². The number of nitrogens with zero attached hydrogens (tertiary/aromatic N) is 2. The van der Waals surface area contributed by atoms with Gasteiger partial charge in [0.25, 0.3) is 0 Å². The van der Waals surface area contributed by atoms with E-state index in [2.05, 4.69) is 32.7 Å². The number of nitrogens with two attached hydrogens (primary N) is 1. The number of nitrogen functional groups attached to an aromatic ring is 1. The molecule has 1 aliphatic heterocycles. The summed E-state index contributed by atoms with van der Waals surface area (Å²) >= 11 is 0. The van der Waals surface area contributed by atoms with Crippen LogP contribution in [0.5, 0.6) is 0 Å². The van der Waals surface area contributed by atoms with Gasteiger partial charge in [-0.25, -0.2) is 4.79 Å². The molecular weight excluding hydrogens is 480 g/mol. The number of ether oxygens (including phenoxy) is 1. The molecule has 2 heterocycles. The molecular formula is C22H41F2N3O5Si2. The highest BCUT2D eigenvalue weighted by atomic mass is 28.4. The average Bonchev–Trinajstić information content (AvgIpc) is 2.95. The van der Waals surface area contributed by atoms with Crippen molar-refractivity contribution in [1.29, 1.82) is 0 Å². The number of hydrogen-bond acceptors (Lipinski definition) is 7. The van der Waals surface area contributed by atoms with Crippen LogP contribution in [0.4, 0.5) is 14.6 Å². The minimum absolute atomic E-state index is 0.0501. The Kier molecular flexibility index (Phi) is 9.61. The van der Waals surface area contributed by atoms with E-state index in [1.54, 1.807) is 0 Å². The Balaban J connectivity index is 2.50. The van der Waals surface area contributed by atoms with E-state index in [0.717, 1.165) is 4.57 Å². The van der Waals surface area contributed by atoms with E-state index in [9.17, 15) is 4.79 Å². The predicted molar refractivity (Wildman–Crippen MR) is 133 cm³/mol. The van der Waals surface area contributed by atoms with Gasteiger partial charge in [0.05, 0.1) is 6.61 Å². The Labute approximate surface area is 204 Å². The van der Waals surface area contributed by atoms with Gasteiger partial charge in [-0.05, 0) is 28.2 Å². The molecule has 8 nitrogen and oxygen atoms in total. The van der Waals surface area contributed by atoms with E-state index in [4.69, 9.17) is 23.7 Å². The Morgan fingerprint density at radius 3 is 2.18 bits per heavy atom. The van der Waals surface area contributed by atoms with Gasteiger partial charge in [-0.1, -0.05) is 55.4 Å². The molecule has 1 fully saturated rings. The summed E-state index contributed by atoms with van der Waals surface area (Å²) in [5.41, 5.74) is 5.09. The molecule has 0 radical (unpaired) electrons. The Morgan fingerprint density at radius 2 is 1.74 bits per heavy atom. The van der Waals surface area contributed by atoms with Crippen LogP contribution in [0, 0.1) is 0 Å². The maximum Gasteiger partial charge on any atom is 0.351 e. The topological polar surface area (TPSA) is 97.8 Å². The van der Waals surface area contributed by atoms with E-state index < -0.39 is 47.6 Å². The molecule has 0 bridgehead atoms. The lowest BCUT2D eigenvalue weighted by Gasteiger charge is -2.40. The van der Waals surface area contributed by atoms with Crippen LogP contribution < -0.4 is 11.4 Å². The Morgan fingerprint density at radius 1 is 1.18 bits per heavy atom. The third-order valence-corrected chi connectivity index (χ3v) is 14.1. The van der Waals surface area contributed by atoms with E-state index >= 15 is 8.78 Å². The minimum Gasteiger partial charge on any atom is -0.417 e. The van der Waals surface area contributed by atoms with Crippen LogP contribution in [0.2, 0.25) is 22.2 Å². The van der Waals surface area contributed by atoms with Crippen molar-refractivity contribution >= 4 is 23.4 Å². The molecule has 2 N–H and O–H groups in total. The molecule has 196 valence electrons. The van der Waals surface area contributed by atoms with Gasteiger partial charge in [-0.3, -0.25) is 4.57 Å². The first-order valence-electron chi connectivity index (χ1n) is 11.9. The minimum atomic E-state index is -3.54. The van der Waals surface area contributed by atoms with Crippen LogP contribution in [-0.4, -0.2) is 59.0 Å². The lowest BCUT2D eigenvalue weighted by molar-refractivity contribution is -0.141. The molecule has 1 saturated heterocycles. The summed E-state index contributed by atoms with van der Waals surface area (Å²) in [5, 5.41) is 0. The number of hydrogen-bond donors (Lipinski definition) is 1. The first-order chi connectivity index (χ1) is 15.7. The van der Waals surface area contributed by atoms with Crippen molar-refractivity contribution in [3.8, 4) is 0 Å². The lowest BCUT2D eigenvalue weighted by atomic mass is 10.1. The third-order valence-electron chi connectivity index (χ3n) is 6.46. The fraction of sp³-hybridized carbons (Fsp3) is 0.818. The fourth-order valence-corrected chi connectivity index (χ4v) is 11.2. The van der Waals surface area contributed by atoms with Gasteiger partial charge in [0.1, 0.15) is 18.0 Å². The quantitative estimate of drug-likeness (QED) is 0.436. The largest absolute Gasteiger partial charge is 0.417 e. The highest BCUT2D eigenvalue weighted by Crippen LogP contribution is 2.48. The van der Waals surface area contributed by atoms with E-state index in [-0.39, 0.29) is 23.5 Å². The molecule has 3 atom stereocenters. The van der Waals surface area contributed by atoms with Gasteiger partial charge in [0, 0.05) is 13.3 Å². The number of halogens is 2. The van der Waals surface area contributed by atoms with E-state index in [1.807, 2.05) is 27.7 Å². The average molecular weight is 522 g/mol. The zero-order chi connectivity index (χ0) is 26.0. The van der Waals surface area contributed by atoms with Crippen LogP contribution in [0.25, 0.3) is 0 Å². The van der Waals surface area contributed by atoms with Gasteiger partial charge in [-0.2, -0.15) is 13.8 Å². The molecule has 1 aromatic heterocycles. The lowest BCUT2D eigenvalue weighted by Crippen LogP contribution is -2.56. The van der Waals surface area contributed by atoms with Crippen LogP contribution in [-0.2, 0) is 18.0 Å². The molecule has 0 aromatic carbocycles. The second kappa shape index (κ2) is 11.3. The second-order valence-corrected chi connectivity index (χ2v) is 18.6. The molecule has 1 aromatic rings. The van der Waals surface area contributed by atoms with Crippen molar-refractivity contribution < 1.29 is 26.8 Å². The maximum atomic E-state index is 16.0. The van der Waals surface area contributed by atoms with Gasteiger partial charge in [0.2, 0.25) is 6.23 Å². The van der Waals surface area contributed by atoms with Gasteiger partial charge >= 0.3 is 20.2 Å². The number of alkyl halides is 2. The summed E-state index contributed by atoms with van der Waals surface area (Å²) in [6.45, 7) is 15.9. The first-order valence-corrected chi connectivity index (χ1v) is 15.7. The summed E-state index contributed by atoms with van der Waals surface area (Å²) in [6.07, 6.45) is -3.45. The molecule has 34 heavy (non-hydrogen) atoms. The SMILES string of the molecule is CO[Si](O[C@H]1[C@@H](CO[SiH](C(C)C)C(C)C)O[C@@H](n2ccc(N)nc2=O)C1(F)F)(C(C)C)C(C)C. The maximum absolute atomic E-state index is 16.0. The highest BCUT2D eigenvalue weighted by Gasteiger charge is 2.64. The molecule has 0 amide bonds. The summed E-state index contributed by atoms with van der Waals surface area (Å²) in [6, 6.07) is 1.29. The van der Waals surface area contributed by atoms with Crippen LogP contribution in [0.1, 0.15) is 61.6 Å². The Bertz CT molecular complexity index is 853. The zero-order valence-electron chi connectivity index (χ0n) is 21.7. The van der Waals surface area contributed by atoms with Gasteiger partial charge in [0.15, 0.2) is 9.04 Å². The summed E-state index contributed by atoms with van der Waals surface area (Å²) in [7, 11) is -3.30. The zero-order valence-corrected chi connectivity index (χ0v) is 23.9. The molecule has 2 rings (SSSR count). The first kappa shape index (κ1) is 29.0. The molecule has 1 aliphatic rings. The highest BCUT2D eigenvalue weighted by molar-refractivity contribution is 6.70. The van der Waals surface area contributed by atoms with Crippen LogP contribution in [0.15, 0.2) is 17.1 Å². The smallest absolute Gasteiger partial charge is 0.351 e. The number of aromatic nitrogens is 2. The van der Waals surface area contributed by atoms with Gasteiger partial charge in [-0.15, -0.1) is 0 Å². The van der Waals surface area contributed by atoms with Crippen molar-refractivity contribution in [2.75, 3.05) is 19.5 Å². The standard InChI is InChI=1S/C22H41F2N3O5Si2/c1-13(2)33(14(3)4)30-12-17-19(32-34(29-9,15(5)6)16(7)8)22(23,24)20(31-17)27-11-10-18(25)26-21(27)28/h10-11,13-17,19-20,33H,12H2,1-9H3,(H2,25,26,28)/t17-,19+,20-/m1/s1. The third kappa shape index (κ3) is 5.78. The fourth-order valence-electron chi connectivity index (χ4n) is 4.87. The van der Waals surface area contributed by atoms with E-state index in [0.29, 0.717) is 11.1 Å². The summed E-state index contributed by atoms with van der Waals surface area (Å²) in [5.74, 6) is -3.59. The molecule has 0 saturated carbocycles. The Hall–Kier alpha value is -1.19. The second-order valence-electron chi connectivity index (χ2n) is 10.3.